The summed E-state index contributed by atoms with van der Waals surface area (Å²) >= 11 is 0. The van der Waals surface area contributed by atoms with Gasteiger partial charge in [-0.3, -0.25) is 4.79 Å². The van der Waals surface area contributed by atoms with Gasteiger partial charge in [-0.2, -0.15) is 0 Å². The molecular formula is C21H24N2O3. The van der Waals surface area contributed by atoms with Gasteiger partial charge in [0.05, 0.1) is 12.2 Å². The molecule has 26 heavy (non-hydrogen) atoms. The van der Waals surface area contributed by atoms with E-state index in [-0.39, 0.29) is 11.9 Å². The zero-order valence-corrected chi connectivity index (χ0v) is 15.2. The topological polar surface area (TPSA) is 58.6 Å². The fraction of sp³-hybridized carbons (Fsp3) is 0.333. The molecule has 1 amide bonds. The van der Waals surface area contributed by atoms with Crippen molar-refractivity contribution in [2.75, 3.05) is 26.2 Å². The monoisotopic (exact) mass is 352 g/mol. The van der Waals surface area contributed by atoms with Crippen molar-refractivity contribution >= 4 is 11.9 Å². The summed E-state index contributed by atoms with van der Waals surface area (Å²) in [5.41, 5.74) is 3.24. The lowest BCUT2D eigenvalue weighted by atomic mass is 10.0. The van der Waals surface area contributed by atoms with E-state index in [0.717, 1.165) is 30.8 Å². The van der Waals surface area contributed by atoms with Crippen LogP contribution in [0.5, 0.6) is 0 Å². The Labute approximate surface area is 154 Å². The van der Waals surface area contributed by atoms with E-state index < -0.39 is 0 Å². The number of carbonyl (C=O) groups excluding carboxylic acids is 2. The molecule has 0 saturated carbocycles. The van der Waals surface area contributed by atoms with Gasteiger partial charge >= 0.3 is 5.97 Å². The van der Waals surface area contributed by atoms with E-state index in [1.165, 1.54) is 0 Å². The van der Waals surface area contributed by atoms with Crippen LogP contribution in [-0.2, 0) is 4.74 Å². The lowest BCUT2D eigenvalue weighted by molar-refractivity contribution is 0.0526. The third-order valence-corrected chi connectivity index (χ3v) is 4.52. The zero-order chi connectivity index (χ0) is 18.5. The molecule has 0 spiro atoms. The van der Waals surface area contributed by atoms with Crippen LogP contribution in [0.1, 0.15) is 34.6 Å². The van der Waals surface area contributed by atoms with Gasteiger partial charge in [0.15, 0.2) is 0 Å². The highest BCUT2D eigenvalue weighted by Crippen LogP contribution is 2.21. The van der Waals surface area contributed by atoms with Crippen molar-refractivity contribution in [2.45, 2.75) is 19.9 Å². The summed E-state index contributed by atoms with van der Waals surface area (Å²) < 4.78 is 5.00. The Morgan fingerprint density at radius 3 is 2.15 bits per heavy atom. The van der Waals surface area contributed by atoms with Crippen LogP contribution in [0.25, 0.3) is 11.1 Å². The minimum atomic E-state index is -0.315. The molecule has 5 heteroatoms. The van der Waals surface area contributed by atoms with Crippen LogP contribution in [0.2, 0.25) is 0 Å². The molecule has 1 fully saturated rings. The van der Waals surface area contributed by atoms with Gasteiger partial charge in [0, 0.05) is 31.2 Å². The van der Waals surface area contributed by atoms with Gasteiger partial charge in [-0.15, -0.1) is 0 Å². The quantitative estimate of drug-likeness (QED) is 0.860. The number of rotatable bonds is 4. The molecule has 0 radical (unpaired) electrons. The molecule has 0 bridgehead atoms. The first-order valence-corrected chi connectivity index (χ1v) is 8.98. The van der Waals surface area contributed by atoms with Crippen LogP contribution in [0.3, 0.4) is 0 Å². The number of ether oxygens (including phenoxy) is 1. The number of nitrogens with zero attached hydrogens (tertiary/aromatic N) is 1. The third-order valence-electron chi connectivity index (χ3n) is 4.52. The van der Waals surface area contributed by atoms with Crippen molar-refractivity contribution < 1.29 is 14.3 Å². The molecule has 3 rings (SSSR count). The largest absolute Gasteiger partial charge is 0.462 e. The van der Waals surface area contributed by atoms with Crippen molar-refractivity contribution in [3.05, 3.63) is 59.7 Å². The number of benzene rings is 2. The van der Waals surface area contributed by atoms with Crippen LogP contribution in [-0.4, -0.2) is 49.1 Å². The smallest absolute Gasteiger partial charge is 0.338 e. The Morgan fingerprint density at radius 2 is 1.62 bits per heavy atom. The van der Waals surface area contributed by atoms with Gasteiger partial charge in [0.2, 0.25) is 0 Å². The molecular weight excluding hydrogens is 328 g/mol. The lowest BCUT2D eigenvalue weighted by Gasteiger charge is -2.32. The molecule has 0 aliphatic carbocycles. The van der Waals surface area contributed by atoms with Gasteiger partial charge in [-0.25, -0.2) is 4.79 Å². The van der Waals surface area contributed by atoms with E-state index in [4.69, 9.17) is 4.74 Å². The van der Waals surface area contributed by atoms with Crippen molar-refractivity contribution in [3.63, 3.8) is 0 Å². The first-order chi connectivity index (χ1) is 12.6. The van der Waals surface area contributed by atoms with Crippen molar-refractivity contribution in [3.8, 4) is 11.1 Å². The standard InChI is InChI=1S/C21H24N2O3/c1-3-26-21(25)19-10-6-17(7-11-19)16-4-8-18(9-5-16)20(24)23-13-12-22-15(2)14-23/h4-11,15,22H,3,12-14H2,1-2H3/t15-/m0/s1. The Kier molecular flexibility index (Phi) is 5.68. The molecule has 1 heterocycles. The minimum absolute atomic E-state index is 0.0718. The van der Waals surface area contributed by atoms with Crippen molar-refractivity contribution in [1.29, 1.82) is 0 Å². The zero-order valence-electron chi connectivity index (χ0n) is 15.2. The maximum atomic E-state index is 12.6. The van der Waals surface area contributed by atoms with Gasteiger partial charge in [-0.1, -0.05) is 24.3 Å². The van der Waals surface area contributed by atoms with E-state index in [2.05, 4.69) is 12.2 Å². The Hall–Kier alpha value is -2.66. The fourth-order valence-corrected chi connectivity index (χ4v) is 3.12. The van der Waals surface area contributed by atoms with Crippen molar-refractivity contribution in [1.82, 2.24) is 10.2 Å². The second-order valence-electron chi connectivity index (χ2n) is 6.48. The van der Waals surface area contributed by atoms with E-state index in [1.807, 2.05) is 41.3 Å². The Bertz CT molecular complexity index is 769. The van der Waals surface area contributed by atoms with Crippen LogP contribution in [0, 0.1) is 0 Å². The molecule has 2 aromatic carbocycles. The van der Waals surface area contributed by atoms with Gasteiger partial charge < -0.3 is 15.0 Å². The lowest BCUT2D eigenvalue weighted by Crippen LogP contribution is -2.51. The predicted octanol–water partition coefficient (Wildman–Crippen LogP) is 2.96. The second-order valence-corrected chi connectivity index (χ2v) is 6.48. The molecule has 1 aliphatic heterocycles. The number of carbonyl (C=O) groups is 2. The second kappa shape index (κ2) is 8.15. The predicted molar refractivity (Wildman–Crippen MR) is 101 cm³/mol. The maximum Gasteiger partial charge on any atom is 0.338 e. The molecule has 1 atom stereocenters. The van der Waals surface area contributed by atoms with Crippen LogP contribution < -0.4 is 5.32 Å². The summed E-state index contributed by atoms with van der Waals surface area (Å²) in [5.74, 6) is -0.243. The fourth-order valence-electron chi connectivity index (χ4n) is 3.12. The first kappa shape index (κ1) is 18.1. The number of hydrogen-bond acceptors (Lipinski definition) is 4. The van der Waals surface area contributed by atoms with Crippen LogP contribution in [0.4, 0.5) is 0 Å². The number of amides is 1. The average Bonchev–Trinajstić information content (AvgIpc) is 2.68. The van der Waals surface area contributed by atoms with Crippen LogP contribution in [0.15, 0.2) is 48.5 Å². The van der Waals surface area contributed by atoms with E-state index in [9.17, 15) is 9.59 Å². The Morgan fingerprint density at radius 1 is 1.04 bits per heavy atom. The normalized spacial score (nSPS) is 17.0. The summed E-state index contributed by atoms with van der Waals surface area (Å²) in [6.45, 7) is 6.54. The summed E-state index contributed by atoms with van der Waals surface area (Å²) in [6, 6.07) is 15.2. The molecule has 0 aromatic heterocycles. The number of esters is 1. The third kappa shape index (κ3) is 4.11. The summed E-state index contributed by atoms with van der Waals surface area (Å²) in [7, 11) is 0. The first-order valence-electron chi connectivity index (χ1n) is 8.98. The number of hydrogen-bond donors (Lipinski definition) is 1. The highest BCUT2D eigenvalue weighted by atomic mass is 16.5. The van der Waals surface area contributed by atoms with Gasteiger partial charge in [-0.05, 0) is 49.2 Å². The molecule has 136 valence electrons. The van der Waals surface area contributed by atoms with Gasteiger partial charge in [0.25, 0.3) is 5.91 Å². The molecule has 2 aromatic rings. The average molecular weight is 352 g/mol. The van der Waals surface area contributed by atoms with Crippen molar-refractivity contribution in [2.24, 2.45) is 0 Å². The minimum Gasteiger partial charge on any atom is -0.462 e. The Balaban J connectivity index is 1.71. The molecule has 5 nitrogen and oxygen atoms in total. The number of piperazine rings is 1. The molecule has 0 unspecified atom stereocenters. The van der Waals surface area contributed by atoms with Gasteiger partial charge in [0.1, 0.15) is 0 Å². The molecule has 1 saturated heterocycles. The number of nitrogens with one attached hydrogen (secondary N) is 1. The maximum absolute atomic E-state index is 12.6. The van der Waals surface area contributed by atoms with E-state index in [0.29, 0.717) is 23.8 Å². The van der Waals surface area contributed by atoms with E-state index >= 15 is 0 Å². The highest BCUT2D eigenvalue weighted by Gasteiger charge is 2.21. The van der Waals surface area contributed by atoms with E-state index in [1.54, 1.807) is 19.1 Å². The van der Waals surface area contributed by atoms with Crippen LogP contribution >= 0.6 is 0 Å². The summed E-state index contributed by atoms with van der Waals surface area (Å²) in [6.07, 6.45) is 0. The SMILES string of the molecule is CCOC(=O)c1ccc(-c2ccc(C(=O)N3CCN[C@@H](C)C3)cc2)cc1. The molecule has 1 N–H and O–H groups in total. The highest BCUT2D eigenvalue weighted by molar-refractivity contribution is 5.95. The summed E-state index contributed by atoms with van der Waals surface area (Å²) in [5, 5.41) is 3.34. The summed E-state index contributed by atoms with van der Waals surface area (Å²) in [4.78, 5) is 26.2. The molecule has 1 aliphatic rings.